The Labute approximate surface area is 145 Å². The molecule has 0 spiro atoms. The first-order valence-electron chi connectivity index (χ1n) is 7.15. The van der Waals surface area contributed by atoms with Crippen molar-refractivity contribution >= 4 is 34.4 Å². The Morgan fingerprint density at radius 1 is 1.28 bits per heavy atom. The number of carbonyl (C=O) groups excluding carboxylic acids is 1. The molecule has 0 aliphatic rings. The lowest BCUT2D eigenvalue weighted by molar-refractivity contribution is -0.116. The number of aryl methyl sites for hydroxylation is 1. The molecule has 0 unspecified atom stereocenters. The highest BCUT2D eigenvalue weighted by molar-refractivity contribution is 6.30. The van der Waals surface area contributed by atoms with Gasteiger partial charge >= 0.3 is 5.69 Å². The molecule has 1 N–H and O–H groups in total. The zero-order valence-electron chi connectivity index (χ0n) is 13.3. The SMILES string of the molecule is Cn1c(=O)c2c(ncn2CC(=O)Nc2cc(Cl)ccc2F)n(C)c1=O. The second kappa shape index (κ2) is 6.17. The van der Waals surface area contributed by atoms with E-state index in [9.17, 15) is 18.8 Å². The number of anilines is 1. The van der Waals surface area contributed by atoms with Gasteiger partial charge in [-0.1, -0.05) is 11.6 Å². The van der Waals surface area contributed by atoms with Crippen LogP contribution in [-0.2, 0) is 25.4 Å². The summed E-state index contributed by atoms with van der Waals surface area (Å²) in [6.45, 7) is -0.282. The van der Waals surface area contributed by atoms with Gasteiger partial charge in [0.15, 0.2) is 11.2 Å². The van der Waals surface area contributed by atoms with E-state index in [4.69, 9.17) is 11.6 Å². The van der Waals surface area contributed by atoms with Crippen LogP contribution in [0.25, 0.3) is 11.2 Å². The number of hydrogen-bond donors (Lipinski definition) is 1. The Bertz CT molecular complexity index is 1110. The Morgan fingerprint density at radius 3 is 2.72 bits per heavy atom. The van der Waals surface area contributed by atoms with Crippen molar-refractivity contribution in [2.45, 2.75) is 6.54 Å². The number of amides is 1. The molecule has 0 aliphatic heterocycles. The van der Waals surface area contributed by atoms with Crippen molar-refractivity contribution in [3.8, 4) is 0 Å². The molecule has 0 radical (unpaired) electrons. The van der Waals surface area contributed by atoms with Gasteiger partial charge in [-0.15, -0.1) is 0 Å². The number of imidazole rings is 1. The van der Waals surface area contributed by atoms with Crippen molar-refractivity contribution in [3.05, 3.63) is 56.2 Å². The number of aromatic nitrogens is 4. The number of hydrogen-bond acceptors (Lipinski definition) is 4. The van der Waals surface area contributed by atoms with Crippen LogP contribution in [0, 0.1) is 5.82 Å². The predicted octanol–water partition coefficient (Wildman–Crippen LogP) is 0.865. The number of fused-ring (bicyclic) bond motifs is 1. The zero-order valence-corrected chi connectivity index (χ0v) is 14.0. The molecule has 3 aromatic rings. The van der Waals surface area contributed by atoms with E-state index < -0.39 is 23.0 Å². The van der Waals surface area contributed by atoms with E-state index in [1.807, 2.05) is 0 Å². The maximum Gasteiger partial charge on any atom is 0.332 e. The minimum absolute atomic E-state index is 0.0674. The fourth-order valence-corrected chi connectivity index (χ4v) is 2.63. The topological polar surface area (TPSA) is 90.9 Å². The Morgan fingerprint density at radius 2 is 2.00 bits per heavy atom. The van der Waals surface area contributed by atoms with Crippen LogP contribution in [0.4, 0.5) is 10.1 Å². The summed E-state index contributed by atoms with van der Waals surface area (Å²) < 4.78 is 17.1. The van der Waals surface area contributed by atoms with Crippen LogP contribution >= 0.6 is 11.6 Å². The van der Waals surface area contributed by atoms with E-state index >= 15 is 0 Å². The summed E-state index contributed by atoms with van der Waals surface area (Å²) in [5, 5.41) is 2.66. The third kappa shape index (κ3) is 2.93. The lowest BCUT2D eigenvalue weighted by Gasteiger charge is -2.09. The molecule has 3 rings (SSSR count). The number of nitrogens with zero attached hydrogens (tertiary/aromatic N) is 4. The quantitative estimate of drug-likeness (QED) is 0.745. The minimum Gasteiger partial charge on any atom is -0.322 e. The zero-order chi connectivity index (χ0) is 18.3. The first-order valence-corrected chi connectivity index (χ1v) is 7.53. The normalized spacial score (nSPS) is 11.0. The molecule has 0 atom stereocenters. The van der Waals surface area contributed by atoms with Gasteiger partial charge in [0, 0.05) is 19.1 Å². The van der Waals surface area contributed by atoms with Crippen molar-refractivity contribution in [2.75, 3.05) is 5.32 Å². The summed E-state index contributed by atoms with van der Waals surface area (Å²) in [7, 11) is 2.81. The maximum atomic E-state index is 13.7. The van der Waals surface area contributed by atoms with Crippen LogP contribution in [0.2, 0.25) is 5.02 Å². The van der Waals surface area contributed by atoms with Gasteiger partial charge in [-0.05, 0) is 18.2 Å². The van der Waals surface area contributed by atoms with Gasteiger partial charge in [0.2, 0.25) is 5.91 Å². The van der Waals surface area contributed by atoms with Crippen molar-refractivity contribution in [3.63, 3.8) is 0 Å². The first kappa shape index (κ1) is 16.9. The molecule has 0 saturated heterocycles. The van der Waals surface area contributed by atoms with E-state index in [1.54, 1.807) is 0 Å². The lowest BCUT2D eigenvalue weighted by Crippen LogP contribution is -2.37. The fourth-order valence-electron chi connectivity index (χ4n) is 2.45. The van der Waals surface area contributed by atoms with E-state index in [-0.39, 0.29) is 28.4 Å². The number of rotatable bonds is 3. The second-order valence-corrected chi connectivity index (χ2v) is 5.86. The van der Waals surface area contributed by atoms with E-state index in [0.29, 0.717) is 0 Å². The van der Waals surface area contributed by atoms with Crippen molar-refractivity contribution in [1.29, 1.82) is 0 Å². The van der Waals surface area contributed by atoms with E-state index in [1.165, 1.54) is 41.7 Å². The first-order chi connectivity index (χ1) is 11.8. The average Bonchev–Trinajstić information content (AvgIpc) is 2.98. The van der Waals surface area contributed by atoms with Gasteiger partial charge in [0.25, 0.3) is 5.56 Å². The summed E-state index contributed by atoms with van der Waals surface area (Å²) in [6.07, 6.45) is 1.28. The third-order valence-electron chi connectivity index (χ3n) is 3.73. The average molecular weight is 366 g/mol. The lowest BCUT2D eigenvalue weighted by atomic mass is 10.3. The second-order valence-electron chi connectivity index (χ2n) is 5.42. The molecule has 1 amide bonds. The van der Waals surface area contributed by atoms with Gasteiger partial charge in [0.05, 0.1) is 12.0 Å². The van der Waals surface area contributed by atoms with Crippen LogP contribution in [0.1, 0.15) is 0 Å². The largest absolute Gasteiger partial charge is 0.332 e. The van der Waals surface area contributed by atoms with Gasteiger partial charge in [-0.3, -0.25) is 18.7 Å². The Kier molecular flexibility index (Phi) is 4.17. The van der Waals surface area contributed by atoms with Crippen LogP contribution in [0.15, 0.2) is 34.1 Å². The Hall–Kier alpha value is -2.94. The summed E-state index contributed by atoms with van der Waals surface area (Å²) in [5.74, 6) is -1.21. The van der Waals surface area contributed by atoms with Gasteiger partial charge in [0.1, 0.15) is 12.4 Å². The molecule has 0 saturated carbocycles. The molecule has 10 heteroatoms. The molecule has 1 aromatic carbocycles. The van der Waals surface area contributed by atoms with Gasteiger partial charge < -0.3 is 9.88 Å². The number of halogens is 2. The van der Waals surface area contributed by atoms with Crippen molar-refractivity contribution in [1.82, 2.24) is 18.7 Å². The third-order valence-corrected chi connectivity index (χ3v) is 3.97. The van der Waals surface area contributed by atoms with Crippen LogP contribution < -0.4 is 16.6 Å². The molecule has 0 fully saturated rings. The van der Waals surface area contributed by atoms with Crippen molar-refractivity contribution in [2.24, 2.45) is 14.1 Å². The Balaban J connectivity index is 1.96. The summed E-state index contributed by atoms with van der Waals surface area (Å²) in [6, 6.07) is 3.78. The molecular weight excluding hydrogens is 353 g/mol. The molecular formula is C15H13ClFN5O3. The molecule has 25 heavy (non-hydrogen) atoms. The van der Waals surface area contributed by atoms with Gasteiger partial charge in [-0.2, -0.15) is 0 Å². The van der Waals surface area contributed by atoms with Crippen molar-refractivity contribution < 1.29 is 9.18 Å². The highest BCUT2D eigenvalue weighted by Crippen LogP contribution is 2.19. The summed E-state index contributed by atoms with van der Waals surface area (Å²) >= 11 is 5.78. The standard InChI is InChI=1S/C15H13ClFN5O3/c1-20-13-12(14(24)21(2)15(20)25)22(7-18-13)6-11(23)19-10-5-8(16)3-4-9(10)17/h3-5,7H,6H2,1-2H3,(H,19,23). The number of benzene rings is 1. The molecule has 0 bridgehead atoms. The fraction of sp³-hybridized carbons (Fsp3) is 0.200. The monoisotopic (exact) mass is 365 g/mol. The maximum absolute atomic E-state index is 13.7. The van der Waals surface area contributed by atoms with E-state index in [0.717, 1.165) is 10.6 Å². The summed E-state index contributed by atoms with van der Waals surface area (Å²) in [5.41, 5.74) is -0.895. The highest BCUT2D eigenvalue weighted by atomic mass is 35.5. The highest BCUT2D eigenvalue weighted by Gasteiger charge is 2.16. The summed E-state index contributed by atoms with van der Waals surface area (Å²) in [4.78, 5) is 40.4. The van der Waals surface area contributed by atoms with Crippen LogP contribution in [0.5, 0.6) is 0 Å². The molecule has 8 nitrogen and oxygen atoms in total. The predicted molar refractivity (Wildman–Crippen MR) is 90.3 cm³/mol. The van der Waals surface area contributed by atoms with Crippen LogP contribution in [0.3, 0.4) is 0 Å². The van der Waals surface area contributed by atoms with E-state index in [2.05, 4.69) is 10.3 Å². The molecule has 130 valence electrons. The number of carbonyl (C=O) groups is 1. The molecule has 0 aliphatic carbocycles. The molecule has 2 aromatic heterocycles. The minimum atomic E-state index is -0.633. The van der Waals surface area contributed by atoms with Crippen LogP contribution in [-0.4, -0.2) is 24.6 Å². The molecule has 2 heterocycles. The number of nitrogens with one attached hydrogen (secondary N) is 1. The van der Waals surface area contributed by atoms with Gasteiger partial charge in [-0.25, -0.2) is 14.2 Å². The smallest absolute Gasteiger partial charge is 0.322 e.